The summed E-state index contributed by atoms with van der Waals surface area (Å²) in [6.45, 7) is 7.20. The first-order valence-electron chi connectivity index (χ1n) is 11.1. The molecule has 6 nitrogen and oxygen atoms in total. The van der Waals surface area contributed by atoms with Gasteiger partial charge in [-0.05, 0) is 75.2 Å². The van der Waals surface area contributed by atoms with Crippen molar-refractivity contribution in [3.63, 3.8) is 0 Å². The van der Waals surface area contributed by atoms with Crippen LogP contribution in [0, 0.1) is 27.7 Å². The van der Waals surface area contributed by atoms with Crippen molar-refractivity contribution in [2.24, 2.45) is 0 Å². The maximum absolute atomic E-state index is 13.9. The molecule has 35 heavy (non-hydrogen) atoms. The third-order valence-corrected chi connectivity index (χ3v) is 6.13. The number of allylic oxidation sites excluding steroid dienone is 1. The minimum atomic E-state index is -1.000. The predicted molar refractivity (Wildman–Crippen MR) is 133 cm³/mol. The molecule has 4 rings (SSSR count). The van der Waals surface area contributed by atoms with Gasteiger partial charge in [-0.1, -0.05) is 35.4 Å². The number of aryl methyl sites for hydroxylation is 4. The number of hydrogen-bond donors (Lipinski definition) is 0. The molecule has 0 fully saturated rings. The highest BCUT2D eigenvalue weighted by Gasteiger charge is 2.46. The van der Waals surface area contributed by atoms with E-state index in [2.05, 4.69) is 0 Å². The van der Waals surface area contributed by atoms with Crippen LogP contribution in [0.3, 0.4) is 0 Å². The van der Waals surface area contributed by atoms with Crippen molar-refractivity contribution >= 4 is 28.9 Å². The molecule has 1 amide bonds. The number of amides is 1. The van der Waals surface area contributed by atoms with Gasteiger partial charge < -0.3 is 4.74 Å². The van der Waals surface area contributed by atoms with Gasteiger partial charge in [-0.25, -0.2) is 0 Å². The van der Waals surface area contributed by atoms with E-state index in [9.17, 15) is 19.2 Å². The first kappa shape index (κ1) is 23.8. The second-order valence-corrected chi connectivity index (χ2v) is 8.69. The maximum atomic E-state index is 13.9. The Morgan fingerprint density at radius 3 is 1.74 bits per heavy atom. The number of hydrogen-bond acceptors (Lipinski definition) is 5. The van der Waals surface area contributed by atoms with E-state index in [1.165, 1.54) is 7.11 Å². The van der Waals surface area contributed by atoms with Crippen LogP contribution in [0.2, 0.25) is 0 Å². The molecule has 6 heteroatoms. The van der Waals surface area contributed by atoms with E-state index in [4.69, 9.17) is 4.74 Å². The Hall–Kier alpha value is -4.32. The van der Waals surface area contributed by atoms with Crippen molar-refractivity contribution < 1.29 is 23.9 Å². The van der Waals surface area contributed by atoms with Gasteiger partial charge >= 0.3 is 5.91 Å². The van der Waals surface area contributed by atoms with Crippen LogP contribution in [0.1, 0.15) is 43.0 Å². The van der Waals surface area contributed by atoms with Gasteiger partial charge in [0.2, 0.25) is 5.78 Å². The van der Waals surface area contributed by atoms with Crippen LogP contribution in [-0.4, -0.2) is 30.4 Å². The molecule has 0 unspecified atom stereocenters. The Kier molecular flexibility index (Phi) is 6.22. The average Bonchev–Trinajstić information content (AvgIpc) is 3.11. The van der Waals surface area contributed by atoms with E-state index in [0.29, 0.717) is 28.1 Å². The highest BCUT2D eigenvalue weighted by molar-refractivity contribution is 6.59. The normalized spacial score (nSPS) is 13.5. The van der Waals surface area contributed by atoms with Crippen molar-refractivity contribution in [1.29, 1.82) is 0 Å². The number of ketones is 3. The molecule has 1 heterocycles. The maximum Gasteiger partial charge on any atom is 0.304 e. The molecule has 1 aliphatic heterocycles. The first-order valence-corrected chi connectivity index (χ1v) is 11.1. The molecule has 3 aromatic carbocycles. The minimum Gasteiger partial charge on any atom is -0.497 e. The van der Waals surface area contributed by atoms with Crippen molar-refractivity contribution in [3.05, 3.63) is 105 Å². The summed E-state index contributed by atoms with van der Waals surface area (Å²) in [6, 6.07) is 17.1. The largest absolute Gasteiger partial charge is 0.497 e. The second-order valence-electron chi connectivity index (χ2n) is 8.69. The standard InChI is InChI=1S/C29H25NO5/c1-16-6-8-18(3)22(14-16)26(31)24-25(27(32)23-15-17(2)7-9-19(23)4)30(29(34)28(24)33)20-10-12-21(35-5)13-11-20/h6-15H,1-5H3. The van der Waals surface area contributed by atoms with E-state index in [-0.39, 0.29) is 11.3 Å². The van der Waals surface area contributed by atoms with Crippen LogP contribution in [0.15, 0.2) is 71.9 Å². The summed E-state index contributed by atoms with van der Waals surface area (Å²) in [6.07, 6.45) is 0. The van der Waals surface area contributed by atoms with Crippen LogP contribution in [0.5, 0.6) is 5.75 Å². The van der Waals surface area contributed by atoms with Gasteiger partial charge in [0, 0.05) is 16.8 Å². The van der Waals surface area contributed by atoms with E-state index in [1.807, 2.05) is 26.0 Å². The van der Waals surface area contributed by atoms with Crippen molar-refractivity contribution in [2.75, 3.05) is 12.0 Å². The quantitative estimate of drug-likeness (QED) is 0.294. The number of anilines is 1. The molecule has 3 aromatic rings. The molecule has 0 atom stereocenters. The monoisotopic (exact) mass is 467 g/mol. The number of ether oxygens (including phenoxy) is 1. The number of rotatable bonds is 6. The number of methoxy groups -OCH3 is 1. The highest BCUT2D eigenvalue weighted by Crippen LogP contribution is 2.34. The molecule has 176 valence electrons. The average molecular weight is 468 g/mol. The van der Waals surface area contributed by atoms with Gasteiger partial charge in [-0.3, -0.25) is 24.1 Å². The fraction of sp³-hybridized carbons (Fsp3) is 0.172. The van der Waals surface area contributed by atoms with Crippen LogP contribution in [0.25, 0.3) is 0 Å². The Bertz CT molecular complexity index is 1430. The van der Waals surface area contributed by atoms with Crippen molar-refractivity contribution in [2.45, 2.75) is 27.7 Å². The van der Waals surface area contributed by atoms with E-state index < -0.39 is 28.8 Å². The summed E-state index contributed by atoms with van der Waals surface area (Å²) in [5.41, 5.74) is 3.25. The van der Waals surface area contributed by atoms with Crippen molar-refractivity contribution in [3.8, 4) is 5.75 Å². The molecule has 0 aliphatic carbocycles. The molecule has 1 aliphatic rings. The van der Waals surface area contributed by atoms with Gasteiger partial charge in [0.25, 0.3) is 5.78 Å². The third-order valence-electron chi connectivity index (χ3n) is 6.13. The molecule has 0 saturated carbocycles. The summed E-state index contributed by atoms with van der Waals surface area (Å²) in [5.74, 6) is -2.60. The number of nitrogens with zero attached hydrogens (tertiary/aromatic N) is 1. The summed E-state index contributed by atoms with van der Waals surface area (Å²) < 4.78 is 5.19. The van der Waals surface area contributed by atoms with E-state index in [1.54, 1.807) is 62.4 Å². The fourth-order valence-corrected chi connectivity index (χ4v) is 4.16. The summed E-state index contributed by atoms with van der Waals surface area (Å²) in [5, 5.41) is 0. The zero-order valence-electron chi connectivity index (χ0n) is 20.3. The Labute approximate surface area is 203 Å². The lowest BCUT2D eigenvalue weighted by molar-refractivity contribution is -0.132. The van der Waals surface area contributed by atoms with Crippen LogP contribution < -0.4 is 9.64 Å². The van der Waals surface area contributed by atoms with Gasteiger partial charge in [-0.2, -0.15) is 0 Å². The smallest absolute Gasteiger partial charge is 0.304 e. The fourth-order valence-electron chi connectivity index (χ4n) is 4.16. The zero-order chi connectivity index (χ0) is 25.4. The third kappa shape index (κ3) is 4.19. The first-order chi connectivity index (χ1) is 16.6. The molecular weight excluding hydrogens is 442 g/mol. The van der Waals surface area contributed by atoms with E-state index in [0.717, 1.165) is 16.0 Å². The Morgan fingerprint density at radius 1 is 0.714 bits per heavy atom. The van der Waals surface area contributed by atoms with Gasteiger partial charge in [0.15, 0.2) is 5.78 Å². The molecule has 0 bridgehead atoms. The topological polar surface area (TPSA) is 80.8 Å². The Morgan fingerprint density at radius 2 is 1.23 bits per heavy atom. The minimum absolute atomic E-state index is 0.232. The lowest BCUT2D eigenvalue weighted by Crippen LogP contribution is -2.31. The molecular formula is C29H25NO5. The van der Waals surface area contributed by atoms with Crippen molar-refractivity contribution in [1.82, 2.24) is 0 Å². The summed E-state index contributed by atoms with van der Waals surface area (Å²) in [4.78, 5) is 55.2. The summed E-state index contributed by atoms with van der Waals surface area (Å²) >= 11 is 0. The van der Waals surface area contributed by atoms with Gasteiger partial charge in [-0.15, -0.1) is 0 Å². The van der Waals surface area contributed by atoms with Crippen LogP contribution in [-0.2, 0) is 9.59 Å². The second kappa shape index (κ2) is 9.14. The number of carbonyl (C=O) groups excluding carboxylic acids is 4. The molecule has 0 radical (unpaired) electrons. The SMILES string of the molecule is COc1ccc(N2C(=O)C(=O)C(C(=O)c3cc(C)ccc3C)=C2C(=O)c2cc(C)ccc2C)cc1. The van der Waals surface area contributed by atoms with Gasteiger partial charge in [0.05, 0.1) is 7.11 Å². The molecule has 0 N–H and O–H groups in total. The van der Waals surface area contributed by atoms with Crippen LogP contribution in [0.4, 0.5) is 5.69 Å². The van der Waals surface area contributed by atoms with Gasteiger partial charge in [0.1, 0.15) is 17.0 Å². The Balaban J connectivity index is 1.99. The number of benzene rings is 3. The summed E-state index contributed by atoms with van der Waals surface area (Å²) in [7, 11) is 1.51. The molecule has 0 saturated heterocycles. The lowest BCUT2D eigenvalue weighted by Gasteiger charge is -2.20. The molecule has 0 aromatic heterocycles. The predicted octanol–water partition coefficient (Wildman–Crippen LogP) is 4.86. The number of carbonyl (C=O) groups is 4. The zero-order valence-corrected chi connectivity index (χ0v) is 20.3. The molecule has 0 spiro atoms. The van der Waals surface area contributed by atoms with Crippen LogP contribution >= 0.6 is 0 Å². The van der Waals surface area contributed by atoms with E-state index >= 15 is 0 Å². The lowest BCUT2D eigenvalue weighted by atomic mass is 9.92. The number of Topliss-reactive ketones (excluding diaryl/α,β-unsaturated/α-hetero) is 3. The highest BCUT2D eigenvalue weighted by atomic mass is 16.5.